The summed E-state index contributed by atoms with van der Waals surface area (Å²) in [7, 11) is 3.69. The van der Waals surface area contributed by atoms with Gasteiger partial charge in [-0.1, -0.05) is 79.2 Å². The molecule has 65 heavy (non-hydrogen) atoms. The van der Waals surface area contributed by atoms with Crippen LogP contribution in [0.15, 0.2) is 77.6 Å². The maximum Gasteiger partial charge on any atom is 0.329 e. The lowest BCUT2D eigenvalue weighted by Gasteiger charge is -2.47. The molecule has 4 heterocycles. The fourth-order valence-electron chi connectivity index (χ4n) is 11.4. The number of aliphatic hydroxyl groups is 1. The molecule has 12 nitrogen and oxygen atoms in total. The van der Waals surface area contributed by atoms with Crippen molar-refractivity contribution in [2.45, 2.75) is 112 Å². The van der Waals surface area contributed by atoms with E-state index in [1.807, 2.05) is 25.2 Å². The lowest BCUT2D eigenvalue weighted by Crippen LogP contribution is -2.60. The number of benzene rings is 4. The van der Waals surface area contributed by atoms with Crippen molar-refractivity contribution in [3.63, 3.8) is 0 Å². The molecule has 4 aliphatic rings. The Bertz CT molecular complexity index is 2750. The van der Waals surface area contributed by atoms with Crippen LogP contribution in [0.2, 0.25) is 10.0 Å². The number of hydrogen-bond donors (Lipinski definition) is 5. The van der Waals surface area contributed by atoms with Crippen LogP contribution < -0.4 is 27.0 Å². The van der Waals surface area contributed by atoms with Gasteiger partial charge in [-0.3, -0.25) is 28.8 Å². The van der Waals surface area contributed by atoms with Gasteiger partial charge in [0.25, 0.3) is 0 Å². The number of carbonyl (C=O) groups excluding carboxylic acids is 3. The Morgan fingerprint density at radius 3 is 2.49 bits per heavy atom. The first-order valence-electron chi connectivity index (χ1n) is 22.5. The predicted octanol–water partition coefficient (Wildman–Crippen LogP) is 7.83. The number of amides is 3. The van der Waals surface area contributed by atoms with E-state index >= 15 is 8.78 Å². The van der Waals surface area contributed by atoms with Crippen molar-refractivity contribution >= 4 is 63.3 Å². The standard InChI is InChI=1S/C49H53Cl2F2N7O5/c1-58(23-8-3-5-10-28-14-18-37-39(25-28)59(2)47(65)60(37)38-19-20-40(61)56-44(38)62)27-29-13-17-35(34(52)24-29)54-45(63)43-41(31-11-9-12-33(51)42(31)53)49(48(57-43)21-6-4-7-22-48)32-16-15-30(50)26-36(32)55-46(49)64/h9,11-18,24-26,38,41,43-44,57,62H,3-8,10,19-23,27H2,1-2H3,(H,54,63)(H,55,64)(H,56,61)/t38?,41-,43+,44?,49+/m0/s1. The molecule has 2 spiro atoms. The zero-order chi connectivity index (χ0) is 45.8. The lowest BCUT2D eigenvalue weighted by atomic mass is 9.55. The van der Waals surface area contributed by atoms with Crippen LogP contribution >= 0.6 is 23.2 Å². The van der Waals surface area contributed by atoms with E-state index in [-0.39, 0.29) is 40.2 Å². The zero-order valence-electron chi connectivity index (χ0n) is 36.4. The average Bonchev–Trinajstić information content (AvgIpc) is 3.83. The van der Waals surface area contributed by atoms with Crippen molar-refractivity contribution < 1.29 is 28.3 Å². The number of unbranched alkanes of at least 4 members (excludes halogenated alkanes) is 2. The molecule has 1 saturated carbocycles. The summed E-state index contributed by atoms with van der Waals surface area (Å²) in [5.41, 5.74) is 2.02. The minimum absolute atomic E-state index is 0.0230. The van der Waals surface area contributed by atoms with Gasteiger partial charge in [0.2, 0.25) is 17.7 Å². The van der Waals surface area contributed by atoms with Crippen LogP contribution in [0.4, 0.5) is 20.2 Å². The minimum Gasteiger partial charge on any atom is -0.372 e. The number of aliphatic hydroxyl groups excluding tert-OH is 1. The van der Waals surface area contributed by atoms with Crippen LogP contribution in [0.3, 0.4) is 0 Å². The average molecular weight is 929 g/mol. The number of halogens is 4. The van der Waals surface area contributed by atoms with Gasteiger partial charge in [0.05, 0.1) is 33.8 Å². The molecular weight excluding hydrogens is 875 g/mol. The quantitative estimate of drug-likeness (QED) is 0.0802. The normalized spacial score (nSPS) is 23.6. The van der Waals surface area contributed by atoms with Gasteiger partial charge in [-0.15, -0.1) is 0 Å². The molecule has 3 aliphatic heterocycles. The second-order valence-corrected chi connectivity index (χ2v) is 19.2. The van der Waals surface area contributed by atoms with E-state index in [0.717, 1.165) is 73.7 Å². The summed E-state index contributed by atoms with van der Waals surface area (Å²) in [4.78, 5) is 56.3. The number of imidazole rings is 1. The number of piperidine rings is 1. The molecule has 9 rings (SSSR count). The monoisotopic (exact) mass is 927 g/mol. The third-order valence-corrected chi connectivity index (χ3v) is 14.9. The molecule has 1 aromatic heterocycles. The fraction of sp³-hybridized carbons (Fsp3) is 0.429. The molecule has 342 valence electrons. The molecule has 5 atom stereocenters. The Balaban J connectivity index is 0.851. The first kappa shape index (κ1) is 45.1. The summed E-state index contributed by atoms with van der Waals surface area (Å²) >= 11 is 12.8. The number of nitrogens with one attached hydrogen (secondary N) is 4. The smallest absolute Gasteiger partial charge is 0.329 e. The highest BCUT2D eigenvalue weighted by Gasteiger charge is 2.72. The van der Waals surface area contributed by atoms with Gasteiger partial charge in [0.1, 0.15) is 23.3 Å². The maximum absolute atomic E-state index is 16.3. The Hall–Kier alpha value is -5.12. The molecule has 16 heteroatoms. The van der Waals surface area contributed by atoms with Gasteiger partial charge in [-0.2, -0.15) is 0 Å². The third-order valence-electron chi connectivity index (χ3n) is 14.4. The van der Waals surface area contributed by atoms with Crippen molar-refractivity contribution in [3.8, 4) is 0 Å². The van der Waals surface area contributed by atoms with Crippen LogP contribution in [0.5, 0.6) is 0 Å². The van der Waals surface area contributed by atoms with Crippen molar-refractivity contribution in [1.29, 1.82) is 0 Å². The number of carbonyl (C=O) groups is 3. The molecule has 3 amide bonds. The Morgan fingerprint density at radius 2 is 1.72 bits per heavy atom. The summed E-state index contributed by atoms with van der Waals surface area (Å²) in [5.74, 6) is -3.53. The van der Waals surface area contributed by atoms with E-state index < -0.39 is 52.7 Å². The molecular formula is C49H53Cl2F2N7O5. The van der Waals surface area contributed by atoms with Gasteiger partial charge in [0, 0.05) is 42.2 Å². The number of nitrogens with zero attached hydrogens (tertiary/aromatic N) is 3. The van der Waals surface area contributed by atoms with E-state index in [9.17, 15) is 24.3 Å². The minimum atomic E-state index is -1.40. The molecule has 4 aromatic carbocycles. The van der Waals surface area contributed by atoms with E-state index in [4.69, 9.17) is 23.2 Å². The first-order valence-corrected chi connectivity index (χ1v) is 23.3. The number of hydrogen-bond acceptors (Lipinski definition) is 7. The molecule has 1 aliphatic carbocycles. The van der Waals surface area contributed by atoms with Gasteiger partial charge >= 0.3 is 5.69 Å². The Labute approximate surface area is 385 Å². The Morgan fingerprint density at radius 1 is 0.938 bits per heavy atom. The SMILES string of the molecule is CN(CCCCCc1ccc2c(c1)n(C)c(=O)n2C1CCC(=O)NC1O)Cc1ccc(NC(=O)[C@@H]2NC3(CCCCC3)[C@@]3(C(=O)Nc4cc(Cl)ccc43)[C@H]2c2cccc(Cl)c2F)c(F)c1. The molecule has 5 N–H and O–H groups in total. The van der Waals surface area contributed by atoms with Crippen molar-refractivity contribution in [3.05, 3.63) is 127 Å². The summed E-state index contributed by atoms with van der Waals surface area (Å²) in [6.07, 6.45) is 6.79. The van der Waals surface area contributed by atoms with Crippen molar-refractivity contribution in [2.75, 3.05) is 24.2 Å². The van der Waals surface area contributed by atoms with Crippen molar-refractivity contribution in [2.24, 2.45) is 7.05 Å². The molecule has 3 fully saturated rings. The molecule has 2 saturated heterocycles. The van der Waals surface area contributed by atoms with Crippen LogP contribution in [0.1, 0.15) is 98.4 Å². The fourth-order valence-corrected chi connectivity index (χ4v) is 11.7. The largest absolute Gasteiger partial charge is 0.372 e. The highest BCUT2D eigenvalue weighted by molar-refractivity contribution is 6.31. The molecule has 5 aromatic rings. The highest BCUT2D eigenvalue weighted by Crippen LogP contribution is 2.63. The molecule has 0 radical (unpaired) electrons. The topological polar surface area (TPSA) is 150 Å². The second kappa shape index (κ2) is 17.9. The van der Waals surface area contributed by atoms with E-state index in [2.05, 4.69) is 26.2 Å². The number of rotatable bonds is 12. The third kappa shape index (κ3) is 7.94. The summed E-state index contributed by atoms with van der Waals surface area (Å²) in [6.45, 7) is 1.26. The number of fused-ring (bicyclic) bond motifs is 4. The van der Waals surface area contributed by atoms with Gasteiger partial charge in [-0.25, -0.2) is 13.6 Å². The van der Waals surface area contributed by atoms with E-state index in [0.29, 0.717) is 42.1 Å². The first-order chi connectivity index (χ1) is 31.2. The summed E-state index contributed by atoms with van der Waals surface area (Å²) in [6, 6.07) is 18.8. The second-order valence-electron chi connectivity index (χ2n) is 18.3. The molecule has 0 bridgehead atoms. The highest BCUT2D eigenvalue weighted by atomic mass is 35.5. The Kier molecular flexibility index (Phi) is 12.4. The number of anilines is 2. The zero-order valence-corrected chi connectivity index (χ0v) is 37.9. The van der Waals surface area contributed by atoms with Crippen LogP contribution in [-0.4, -0.2) is 68.3 Å². The van der Waals surface area contributed by atoms with Crippen LogP contribution in [0.25, 0.3) is 11.0 Å². The number of aromatic nitrogens is 2. The van der Waals surface area contributed by atoms with Gasteiger partial charge in [-0.05, 0) is 117 Å². The number of aryl methyl sites for hydroxylation is 2. The van der Waals surface area contributed by atoms with Gasteiger partial charge in [0.15, 0.2) is 0 Å². The van der Waals surface area contributed by atoms with Gasteiger partial charge < -0.3 is 26.0 Å². The summed E-state index contributed by atoms with van der Waals surface area (Å²) in [5, 5.41) is 22.7. The predicted molar refractivity (Wildman–Crippen MR) is 247 cm³/mol. The van der Waals surface area contributed by atoms with Crippen LogP contribution in [0, 0.1) is 11.6 Å². The van der Waals surface area contributed by atoms with Crippen molar-refractivity contribution in [1.82, 2.24) is 24.7 Å². The van der Waals surface area contributed by atoms with E-state index in [1.165, 1.54) is 12.1 Å². The lowest BCUT2D eigenvalue weighted by molar-refractivity contribution is -0.128. The van der Waals surface area contributed by atoms with Crippen LogP contribution in [-0.2, 0) is 39.8 Å². The molecule has 2 unspecified atom stereocenters. The summed E-state index contributed by atoms with van der Waals surface area (Å²) < 4.78 is 35.4. The van der Waals surface area contributed by atoms with E-state index in [1.54, 1.807) is 58.6 Å². The maximum atomic E-state index is 16.3.